The van der Waals surface area contributed by atoms with E-state index >= 15 is 0 Å². The number of hydrogen-bond donors (Lipinski definition) is 2. The van der Waals surface area contributed by atoms with Crippen molar-refractivity contribution >= 4 is 11.7 Å². The lowest BCUT2D eigenvalue weighted by molar-refractivity contribution is 0.187. The van der Waals surface area contributed by atoms with E-state index in [1.165, 1.54) is 12.1 Å². The number of nitrogens with one attached hydrogen (secondary N) is 2. The molecule has 2 unspecified atom stereocenters. The number of anilines is 1. The van der Waals surface area contributed by atoms with Crippen molar-refractivity contribution in [3.05, 3.63) is 59.9 Å². The van der Waals surface area contributed by atoms with Crippen LogP contribution in [0, 0.1) is 5.82 Å². The molecule has 1 heterocycles. The molecule has 1 saturated heterocycles. The third-order valence-corrected chi connectivity index (χ3v) is 4.06. The van der Waals surface area contributed by atoms with Crippen LogP contribution in [0.3, 0.4) is 0 Å². The molecule has 2 amide bonds. The largest absolute Gasteiger partial charge is 0.497 e. The van der Waals surface area contributed by atoms with Crippen LogP contribution >= 0.6 is 0 Å². The molecule has 2 atom stereocenters. The van der Waals surface area contributed by atoms with Crippen LogP contribution in [0.4, 0.5) is 14.9 Å². The second-order valence-electron chi connectivity index (χ2n) is 5.60. The Labute approximate surface area is 139 Å². The fourth-order valence-electron chi connectivity index (χ4n) is 2.77. The fraction of sp³-hybridized carbons (Fsp3) is 0.278. The summed E-state index contributed by atoms with van der Waals surface area (Å²) in [5, 5.41) is 5.39. The first-order valence-electron chi connectivity index (χ1n) is 7.71. The van der Waals surface area contributed by atoms with Crippen LogP contribution in [0.15, 0.2) is 48.5 Å². The van der Waals surface area contributed by atoms with Crippen LogP contribution in [0.25, 0.3) is 0 Å². The van der Waals surface area contributed by atoms with Gasteiger partial charge in [0.05, 0.1) is 32.1 Å². The van der Waals surface area contributed by atoms with Crippen LogP contribution in [0.5, 0.6) is 5.75 Å². The number of carbonyl (C=O) groups is 1. The maximum absolute atomic E-state index is 13.6. The summed E-state index contributed by atoms with van der Waals surface area (Å²) in [5.74, 6) is 0.351. The highest BCUT2D eigenvalue weighted by molar-refractivity contribution is 5.89. The number of rotatable bonds is 4. The van der Waals surface area contributed by atoms with Gasteiger partial charge >= 0.3 is 6.03 Å². The van der Waals surface area contributed by atoms with E-state index in [1.54, 1.807) is 19.2 Å². The Kier molecular flexibility index (Phi) is 4.96. The maximum Gasteiger partial charge on any atom is 0.319 e. The average molecular weight is 330 g/mol. The van der Waals surface area contributed by atoms with E-state index in [0.717, 1.165) is 11.3 Å². The summed E-state index contributed by atoms with van der Waals surface area (Å²) < 4.78 is 24.3. The smallest absolute Gasteiger partial charge is 0.319 e. The molecule has 2 N–H and O–H groups in total. The lowest BCUT2D eigenvalue weighted by atomic mass is 9.94. The molecule has 1 aliphatic heterocycles. The summed E-state index contributed by atoms with van der Waals surface area (Å²) >= 11 is 0. The third kappa shape index (κ3) is 3.65. The average Bonchev–Trinajstić information content (AvgIpc) is 3.05. The number of para-hydroxylation sites is 1. The number of benzene rings is 2. The van der Waals surface area contributed by atoms with E-state index in [0.29, 0.717) is 13.2 Å². The first kappa shape index (κ1) is 16.3. The van der Waals surface area contributed by atoms with E-state index in [2.05, 4.69) is 10.6 Å². The van der Waals surface area contributed by atoms with Crippen LogP contribution < -0.4 is 15.4 Å². The quantitative estimate of drug-likeness (QED) is 0.905. The minimum absolute atomic E-state index is 0.0438. The molecule has 3 rings (SSSR count). The molecule has 0 spiro atoms. The summed E-state index contributed by atoms with van der Waals surface area (Å²) in [6.45, 7) is 0.943. The molecule has 0 radical (unpaired) electrons. The van der Waals surface area contributed by atoms with Crippen molar-refractivity contribution in [2.45, 2.75) is 12.0 Å². The van der Waals surface area contributed by atoms with Crippen LogP contribution in [-0.2, 0) is 4.74 Å². The van der Waals surface area contributed by atoms with Crippen molar-refractivity contribution in [1.29, 1.82) is 0 Å². The van der Waals surface area contributed by atoms with Crippen molar-refractivity contribution in [2.24, 2.45) is 0 Å². The van der Waals surface area contributed by atoms with Gasteiger partial charge < -0.3 is 20.1 Å². The summed E-state index contributed by atoms with van der Waals surface area (Å²) in [7, 11) is 1.62. The van der Waals surface area contributed by atoms with Crippen molar-refractivity contribution in [3.63, 3.8) is 0 Å². The van der Waals surface area contributed by atoms with Gasteiger partial charge in [-0.15, -0.1) is 0 Å². The van der Waals surface area contributed by atoms with Gasteiger partial charge in [0, 0.05) is 5.92 Å². The van der Waals surface area contributed by atoms with E-state index in [-0.39, 0.29) is 17.6 Å². The predicted octanol–water partition coefficient (Wildman–Crippen LogP) is 3.14. The topological polar surface area (TPSA) is 59.6 Å². The van der Waals surface area contributed by atoms with E-state index < -0.39 is 11.8 Å². The number of urea groups is 1. The van der Waals surface area contributed by atoms with Crippen molar-refractivity contribution < 1.29 is 18.7 Å². The molecule has 0 saturated carbocycles. The van der Waals surface area contributed by atoms with Gasteiger partial charge in [0.15, 0.2) is 0 Å². The Balaban J connectivity index is 1.65. The van der Waals surface area contributed by atoms with Crippen molar-refractivity contribution in [1.82, 2.24) is 5.32 Å². The lowest BCUT2D eigenvalue weighted by Gasteiger charge is -2.20. The van der Waals surface area contributed by atoms with Crippen LogP contribution in [0.1, 0.15) is 11.5 Å². The zero-order chi connectivity index (χ0) is 16.9. The molecule has 2 aromatic rings. The Morgan fingerprint density at radius 2 is 1.92 bits per heavy atom. The maximum atomic E-state index is 13.6. The molecular formula is C18H19FN2O3. The summed E-state index contributed by atoms with van der Waals surface area (Å²) in [6.07, 6.45) is 0. The van der Waals surface area contributed by atoms with Crippen molar-refractivity contribution in [2.75, 3.05) is 25.6 Å². The van der Waals surface area contributed by atoms with Crippen molar-refractivity contribution in [3.8, 4) is 5.75 Å². The number of carbonyl (C=O) groups excluding carboxylic acids is 1. The Bertz CT molecular complexity index is 706. The highest BCUT2D eigenvalue weighted by Crippen LogP contribution is 2.27. The van der Waals surface area contributed by atoms with Gasteiger partial charge in [-0.1, -0.05) is 24.3 Å². The molecule has 0 aromatic heterocycles. The SMILES string of the molecule is COc1ccc(C2COCC2NC(=O)Nc2ccccc2F)cc1. The van der Waals surface area contributed by atoms with Gasteiger partial charge in [0.1, 0.15) is 11.6 Å². The molecule has 5 nitrogen and oxygen atoms in total. The number of methoxy groups -OCH3 is 1. The normalized spacial score (nSPS) is 19.8. The van der Waals surface area contributed by atoms with Gasteiger partial charge in [-0.3, -0.25) is 0 Å². The lowest BCUT2D eigenvalue weighted by Crippen LogP contribution is -2.41. The molecule has 0 bridgehead atoms. The summed E-state index contributed by atoms with van der Waals surface area (Å²) in [5.41, 5.74) is 1.21. The highest BCUT2D eigenvalue weighted by Gasteiger charge is 2.31. The zero-order valence-corrected chi connectivity index (χ0v) is 13.3. The van der Waals surface area contributed by atoms with Gasteiger partial charge in [-0.2, -0.15) is 0 Å². The molecule has 1 aliphatic rings. The van der Waals surface area contributed by atoms with Gasteiger partial charge in [-0.05, 0) is 29.8 Å². The van der Waals surface area contributed by atoms with Crippen LogP contribution in [-0.4, -0.2) is 32.4 Å². The number of hydrogen-bond acceptors (Lipinski definition) is 3. The second-order valence-corrected chi connectivity index (χ2v) is 5.60. The minimum atomic E-state index is -0.470. The molecule has 24 heavy (non-hydrogen) atoms. The number of amides is 2. The van der Waals surface area contributed by atoms with E-state index in [4.69, 9.17) is 9.47 Å². The molecule has 6 heteroatoms. The number of ether oxygens (including phenoxy) is 2. The second kappa shape index (κ2) is 7.31. The highest BCUT2D eigenvalue weighted by atomic mass is 19.1. The standard InChI is InChI=1S/C18H19FN2O3/c1-23-13-8-6-12(7-9-13)14-10-24-11-17(14)21-18(22)20-16-5-3-2-4-15(16)19/h2-9,14,17H,10-11H2,1H3,(H2,20,21,22). The molecule has 2 aromatic carbocycles. The first-order chi connectivity index (χ1) is 11.7. The Hall–Kier alpha value is -2.60. The van der Waals surface area contributed by atoms with E-state index in [1.807, 2.05) is 24.3 Å². The molecular weight excluding hydrogens is 311 g/mol. The van der Waals surface area contributed by atoms with E-state index in [9.17, 15) is 9.18 Å². The minimum Gasteiger partial charge on any atom is -0.497 e. The monoisotopic (exact) mass is 330 g/mol. The predicted molar refractivity (Wildman–Crippen MR) is 88.9 cm³/mol. The fourth-order valence-corrected chi connectivity index (χ4v) is 2.77. The molecule has 126 valence electrons. The van der Waals surface area contributed by atoms with Gasteiger partial charge in [0.2, 0.25) is 0 Å². The number of halogens is 1. The van der Waals surface area contributed by atoms with Gasteiger partial charge in [-0.25, -0.2) is 9.18 Å². The third-order valence-electron chi connectivity index (χ3n) is 4.06. The summed E-state index contributed by atoms with van der Waals surface area (Å²) in [6, 6.07) is 13.1. The van der Waals surface area contributed by atoms with Gasteiger partial charge in [0.25, 0.3) is 0 Å². The Morgan fingerprint density at radius 1 is 1.17 bits per heavy atom. The van der Waals surface area contributed by atoms with Crippen LogP contribution in [0.2, 0.25) is 0 Å². The molecule has 0 aliphatic carbocycles. The Morgan fingerprint density at radius 3 is 2.62 bits per heavy atom. The molecule has 1 fully saturated rings. The zero-order valence-electron chi connectivity index (χ0n) is 13.3. The summed E-state index contributed by atoms with van der Waals surface area (Å²) in [4.78, 5) is 12.1. The first-order valence-corrected chi connectivity index (χ1v) is 7.71.